The van der Waals surface area contributed by atoms with Gasteiger partial charge in [0, 0.05) is 33.4 Å². The summed E-state index contributed by atoms with van der Waals surface area (Å²) in [7, 11) is 3.84. The first-order valence-electron chi connectivity index (χ1n) is 5.62. The van der Waals surface area contributed by atoms with E-state index < -0.39 is 0 Å². The average molecular weight is 349 g/mol. The second-order valence-corrected chi connectivity index (χ2v) is 6.41. The molecular weight excluding hydrogens is 334 g/mol. The molecule has 0 fully saturated rings. The third kappa shape index (κ3) is 2.79. The molecule has 0 saturated carbocycles. The Morgan fingerprint density at radius 2 is 2.33 bits per heavy atom. The quantitative estimate of drug-likeness (QED) is 0.913. The smallest absolute Gasteiger partial charge is 0.130 e. The number of nitrogens with zero attached hydrogens (tertiary/aromatic N) is 2. The first kappa shape index (κ1) is 14.1. The monoisotopic (exact) mass is 347 g/mol. The molecule has 1 N–H and O–H groups in total. The van der Waals surface area contributed by atoms with Crippen LogP contribution in [-0.4, -0.2) is 16.8 Å². The van der Waals surface area contributed by atoms with Gasteiger partial charge in [-0.15, -0.1) is 11.3 Å². The van der Waals surface area contributed by atoms with Gasteiger partial charge in [0.2, 0.25) is 0 Å². The molecule has 0 spiro atoms. The van der Waals surface area contributed by atoms with Crippen LogP contribution in [0.25, 0.3) is 0 Å². The highest BCUT2D eigenvalue weighted by Gasteiger charge is 2.18. The molecule has 3 nitrogen and oxygen atoms in total. The zero-order chi connectivity index (χ0) is 13.3. The van der Waals surface area contributed by atoms with Crippen LogP contribution in [0.4, 0.5) is 0 Å². The van der Waals surface area contributed by atoms with Gasteiger partial charge in [0.05, 0.1) is 5.69 Å². The van der Waals surface area contributed by atoms with Gasteiger partial charge in [-0.1, -0.05) is 11.6 Å². The number of rotatable bonds is 4. The van der Waals surface area contributed by atoms with E-state index in [2.05, 4.69) is 37.8 Å². The Morgan fingerprint density at radius 1 is 1.61 bits per heavy atom. The number of nitrogens with one attached hydrogen (secondary N) is 1. The van der Waals surface area contributed by atoms with E-state index in [-0.39, 0.29) is 6.04 Å². The van der Waals surface area contributed by atoms with Crippen molar-refractivity contribution in [2.24, 2.45) is 7.05 Å². The van der Waals surface area contributed by atoms with Crippen molar-refractivity contribution in [3.8, 4) is 0 Å². The standard InChI is InChI=1S/C12H15BrClN3S/c1-7-9(12(14)17(3)16-7)5-10(15-2)11-4-8(13)6-18-11/h4,6,10,15H,5H2,1-3H3. The molecule has 0 amide bonds. The van der Waals surface area contributed by atoms with Crippen LogP contribution in [-0.2, 0) is 13.5 Å². The minimum Gasteiger partial charge on any atom is -0.312 e. The van der Waals surface area contributed by atoms with Crippen LogP contribution in [0.3, 0.4) is 0 Å². The van der Waals surface area contributed by atoms with Crippen LogP contribution in [0.15, 0.2) is 15.9 Å². The summed E-state index contributed by atoms with van der Waals surface area (Å²) in [4.78, 5) is 1.30. The Balaban J connectivity index is 2.25. The molecule has 2 aromatic heterocycles. The summed E-state index contributed by atoms with van der Waals surface area (Å²) in [5.74, 6) is 0. The number of halogens is 2. The number of thiophene rings is 1. The highest BCUT2D eigenvalue weighted by molar-refractivity contribution is 9.10. The Labute approximate surface area is 124 Å². The SMILES string of the molecule is CNC(Cc1c(C)nn(C)c1Cl)c1cc(Br)cs1. The minimum atomic E-state index is 0.265. The molecular formula is C12H15BrClN3S. The van der Waals surface area contributed by atoms with E-state index in [0.29, 0.717) is 0 Å². The molecule has 2 aromatic rings. The molecule has 6 heteroatoms. The third-order valence-corrected chi connectivity index (χ3v) is 5.24. The Hall–Kier alpha value is -0.360. The molecule has 98 valence electrons. The minimum absolute atomic E-state index is 0.265. The van der Waals surface area contributed by atoms with E-state index in [4.69, 9.17) is 11.6 Å². The van der Waals surface area contributed by atoms with Crippen molar-refractivity contribution in [2.75, 3.05) is 7.05 Å². The van der Waals surface area contributed by atoms with Crippen LogP contribution in [0.1, 0.15) is 22.2 Å². The lowest BCUT2D eigenvalue weighted by Gasteiger charge is -2.14. The van der Waals surface area contributed by atoms with Gasteiger partial charge in [0.15, 0.2) is 0 Å². The lowest BCUT2D eigenvalue weighted by Crippen LogP contribution is -2.18. The zero-order valence-corrected chi connectivity index (χ0v) is 13.7. The normalized spacial score (nSPS) is 12.9. The lowest BCUT2D eigenvalue weighted by molar-refractivity contribution is 0.600. The largest absolute Gasteiger partial charge is 0.312 e. The molecule has 1 atom stereocenters. The van der Waals surface area contributed by atoms with Gasteiger partial charge in [-0.2, -0.15) is 5.10 Å². The van der Waals surface area contributed by atoms with Crippen LogP contribution in [0.5, 0.6) is 0 Å². The first-order chi connectivity index (χ1) is 8.52. The van der Waals surface area contributed by atoms with Crippen molar-refractivity contribution in [3.05, 3.63) is 37.2 Å². The zero-order valence-electron chi connectivity index (χ0n) is 10.5. The Kier molecular flexibility index (Phi) is 4.48. The highest BCUT2D eigenvalue weighted by atomic mass is 79.9. The van der Waals surface area contributed by atoms with Crippen LogP contribution < -0.4 is 5.32 Å². The van der Waals surface area contributed by atoms with Gasteiger partial charge in [0.25, 0.3) is 0 Å². The summed E-state index contributed by atoms with van der Waals surface area (Å²) in [5, 5.41) is 10.5. The van der Waals surface area contributed by atoms with Crippen LogP contribution in [0.2, 0.25) is 5.15 Å². The van der Waals surface area contributed by atoms with Crippen molar-refractivity contribution >= 4 is 38.9 Å². The Bertz CT molecular complexity index is 550. The number of hydrogen-bond acceptors (Lipinski definition) is 3. The molecule has 0 aliphatic heterocycles. The second-order valence-electron chi connectivity index (χ2n) is 4.19. The first-order valence-corrected chi connectivity index (χ1v) is 7.67. The van der Waals surface area contributed by atoms with Crippen molar-refractivity contribution < 1.29 is 0 Å². The molecule has 18 heavy (non-hydrogen) atoms. The van der Waals surface area contributed by atoms with Gasteiger partial charge < -0.3 is 5.32 Å². The van der Waals surface area contributed by atoms with Gasteiger partial charge in [0.1, 0.15) is 5.15 Å². The molecule has 2 rings (SSSR count). The number of aromatic nitrogens is 2. The van der Waals surface area contributed by atoms with E-state index in [1.807, 2.05) is 21.0 Å². The van der Waals surface area contributed by atoms with E-state index in [1.54, 1.807) is 16.0 Å². The summed E-state index contributed by atoms with van der Waals surface area (Å²) in [6, 6.07) is 2.41. The molecule has 0 radical (unpaired) electrons. The van der Waals surface area contributed by atoms with E-state index >= 15 is 0 Å². The van der Waals surface area contributed by atoms with E-state index in [1.165, 1.54) is 4.88 Å². The summed E-state index contributed by atoms with van der Waals surface area (Å²) >= 11 is 11.5. The fourth-order valence-corrected chi connectivity index (χ4v) is 3.77. The third-order valence-electron chi connectivity index (χ3n) is 2.96. The number of hydrogen-bond donors (Lipinski definition) is 1. The predicted octanol–water partition coefficient (Wildman–Crippen LogP) is 3.71. The average Bonchev–Trinajstić information content (AvgIpc) is 2.84. The molecule has 0 aromatic carbocycles. The predicted molar refractivity (Wildman–Crippen MR) is 80.5 cm³/mol. The van der Waals surface area contributed by atoms with Gasteiger partial charge >= 0.3 is 0 Å². The van der Waals surface area contributed by atoms with Gasteiger partial charge in [-0.25, -0.2) is 0 Å². The van der Waals surface area contributed by atoms with Gasteiger partial charge in [-0.3, -0.25) is 4.68 Å². The molecule has 0 bridgehead atoms. The summed E-state index contributed by atoms with van der Waals surface area (Å²) in [5.41, 5.74) is 2.11. The number of aryl methyl sites for hydroxylation is 2. The fraction of sp³-hybridized carbons (Fsp3) is 0.417. The summed E-state index contributed by atoms with van der Waals surface area (Å²) < 4.78 is 2.85. The highest BCUT2D eigenvalue weighted by Crippen LogP contribution is 2.30. The Morgan fingerprint density at radius 3 is 2.78 bits per heavy atom. The van der Waals surface area contributed by atoms with E-state index in [0.717, 1.165) is 27.3 Å². The maximum absolute atomic E-state index is 6.27. The second kappa shape index (κ2) is 5.74. The topological polar surface area (TPSA) is 29.9 Å². The molecule has 0 saturated heterocycles. The maximum atomic E-state index is 6.27. The van der Waals surface area contributed by atoms with Crippen LogP contribution >= 0.6 is 38.9 Å². The molecule has 2 heterocycles. The summed E-state index contributed by atoms with van der Waals surface area (Å²) in [6.45, 7) is 2.00. The van der Waals surface area contributed by atoms with Crippen molar-refractivity contribution in [2.45, 2.75) is 19.4 Å². The molecule has 0 aliphatic carbocycles. The van der Waals surface area contributed by atoms with Crippen molar-refractivity contribution in [1.29, 1.82) is 0 Å². The van der Waals surface area contributed by atoms with Gasteiger partial charge in [-0.05, 0) is 42.4 Å². The lowest BCUT2D eigenvalue weighted by atomic mass is 10.1. The van der Waals surface area contributed by atoms with Crippen LogP contribution in [0, 0.1) is 6.92 Å². The molecule has 1 unspecified atom stereocenters. The van der Waals surface area contributed by atoms with Crippen molar-refractivity contribution in [1.82, 2.24) is 15.1 Å². The fourth-order valence-electron chi connectivity index (χ4n) is 1.97. The van der Waals surface area contributed by atoms with E-state index in [9.17, 15) is 0 Å². The summed E-state index contributed by atoms with van der Waals surface area (Å²) in [6.07, 6.45) is 0.849. The molecule has 0 aliphatic rings. The van der Waals surface area contributed by atoms with Crippen molar-refractivity contribution in [3.63, 3.8) is 0 Å². The maximum Gasteiger partial charge on any atom is 0.130 e. The number of likely N-dealkylation sites (N-methyl/N-ethyl adjacent to an activating group) is 1.